The number of aromatic nitrogens is 2. The van der Waals surface area contributed by atoms with Crippen LogP contribution in [0.15, 0.2) is 42.5 Å². The molecular weight excluding hydrogens is 294 g/mol. The first kappa shape index (κ1) is 15.3. The van der Waals surface area contributed by atoms with E-state index in [4.69, 9.17) is 9.84 Å². The number of aliphatic hydroxyl groups excluding tert-OH is 1. The van der Waals surface area contributed by atoms with Crippen LogP contribution in [-0.4, -0.2) is 41.0 Å². The molecule has 23 heavy (non-hydrogen) atoms. The van der Waals surface area contributed by atoms with Crippen LogP contribution in [0.3, 0.4) is 0 Å². The second-order valence-corrected chi connectivity index (χ2v) is 5.54. The third-order valence-electron chi connectivity index (χ3n) is 3.93. The van der Waals surface area contributed by atoms with E-state index in [0.717, 1.165) is 17.7 Å². The van der Waals surface area contributed by atoms with Crippen molar-refractivity contribution in [2.45, 2.75) is 12.5 Å². The summed E-state index contributed by atoms with van der Waals surface area (Å²) in [6.45, 7) is 0.106. The van der Waals surface area contributed by atoms with Gasteiger partial charge in [0.15, 0.2) is 0 Å². The van der Waals surface area contributed by atoms with Gasteiger partial charge in [0.2, 0.25) is 0 Å². The van der Waals surface area contributed by atoms with Crippen LogP contribution in [0.2, 0.25) is 0 Å². The number of nitrogens with one attached hydrogen (secondary N) is 2. The molecule has 1 amide bonds. The van der Waals surface area contributed by atoms with E-state index in [-0.39, 0.29) is 24.5 Å². The van der Waals surface area contributed by atoms with Crippen molar-refractivity contribution < 1.29 is 14.6 Å². The highest BCUT2D eigenvalue weighted by Gasteiger charge is 2.21. The predicted molar refractivity (Wildman–Crippen MR) is 86.2 cm³/mol. The molecule has 120 valence electrons. The molecule has 1 aliphatic carbocycles. The molecule has 1 aromatic heterocycles. The van der Waals surface area contributed by atoms with Gasteiger partial charge in [0, 0.05) is 24.1 Å². The lowest BCUT2D eigenvalue weighted by atomic mass is 10.1. The van der Waals surface area contributed by atoms with Crippen molar-refractivity contribution in [2.24, 2.45) is 5.92 Å². The number of aliphatic hydroxyl groups is 1. The molecule has 3 rings (SSSR count). The van der Waals surface area contributed by atoms with E-state index < -0.39 is 0 Å². The number of aromatic amines is 1. The molecule has 3 N–H and O–H groups in total. The molecule has 0 spiro atoms. The second-order valence-electron chi connectivity index (χ2n) is 5.54. The van der Waals surface area contributed by atoms with Crippen LogP contribution in [0.4, 0.5) is 0 Å². The highest BCUT2D eigenvalue weighted by Crippen LogP contribution is 2.21. The van der Waals surface area contributed by atoms with Gasteiger partial charge in [0.25, 0.3) is 5.91 Å². The fourth-order valence-electron chi connectivity index (χ4n) is 2.61. The molecular formula is C17H19N3O3. The van der Waals surface area contributed by atoms with Crippen LogP contribution in [0.25, 0.3) is 11.3 Å². The Kier molecular flexibility index (Phi) is 4.43. The maximum atomic E-state index is 12.2. The highest BCUT2D eigenvalue weighted by molar-refractivity contribution is 5.93. The van der Waals surface area contributed by atoms with Gasteiger partial charge in [-0.15, -0.1) is 0 Å². The van der Waals surface area contributed by atoms with E-state index in [1.165, 1.54) is 0 Å². The smallest absolute Gasteiger partial charge is 0.269 e. The van der Waals surface area contributed by atoms with Crippen molar-refractivity contribution in [1.82, 2.24) is 15.5 Å². The van der Waals surface area contributed by atoms with Crippen molar-refractivity contribution in [3.63, 3.8) is 0 Å². The van der Waals surface area contributed by atoms with Crippen LogP contribution < -0.4 is 10.1 Å². The molecule has 1 heterocycles. The van der Waals surface area contributed by atoms with Crippen LogP contribution in [0.1, 0.15) is 16.9 Å². The molecule has 2 aromatic rings. The summed E-state index contributed by atoms with van der Waals surface area (Å²) in [6, 6.07) is 9.15. The minimum absolute atomic E-state index is 0.0487. The van der Waals surface area contributed by atoms with Crippen molar-refractivity contribution in [1.29, 1.82) is 0 Å². The van der Waals surface area contributed by atoms with Gasteiger partial charge in [-0.2, -0.15) is 5.10 Å². The first-order chi connectivity index (χ1) is 11.2. The average Bonchev–Trinajstić information content (AvgIpc) is 3.24. The molecule has 0 bridgehead atoms. The summed E-state index contributed by atoms with van der Waals surface area (Å²) in [5.41, 5.74) is 2.02. The third kappa shape index (κ3) is 3.43. The number of H-pyrrole nitrogens is 1. The monoisotopic (exact) mass is 313 g/mol. The lowest BCUT2D eigenvalue weighted by Crippen LogP contribution is -2.33. The average molecular weight is 313 g/mol. The molecule has 2 atom stereocenters. The number of rotatable bonds is 5. The number of carbonyl (C=O) groups is 1. The fraction of sp³-hybridized carbons (Fsp3) is 0.294. The number of carbonyl (C=O) groups excluding carboxylic acids is 1. The molecule has 0 fully saturated rings. The number of methoxy groups -OCH3 is 1. The topological polar surface area (TPSA) is 87.2 Å². The molecule has 0 aliphatic heterocycles. The van der Waals surface area contributed by atoms with E-state index in [9.17, 15) is 4.79 Å². The summed E-state index contributed by atoms with van der Waals surface area (Å²) >= 11 is 0. The fourth-order valence-corrected chi connectivity index (χ4v) is 2.61. The van der Waals surface area contributed by atoms with Crippen LogP contribution in [0, 0.1) is 5.92 Å². The van der Waals surface area contributed by atoms with Gasteiger partial charge in [0.1, 0.15) is 11.4 Å². The summed E-state index contributed by atoms with van der Waals surface area (Å²) < 4.78 is 5.12. The summed E-state index contributed by atoms with van der Waals surface area (Å²) in [5.74, 6) is 0.691. The summed E-state index contributed by atoms with van der Waals surface area (Å²) in [4.78, 5) is 12.2. The van der Waals surface area contributed by atoms with Crippen molar-refractivity contribution >= 4 is 5.91 Å². The number of nitrogens with zero attached hydrogens (tertiary/aromatic N) is 1. The number of ether oxygens (including phenoxy) is 1. The molecule has 6 nitrogen and oxygen atoms in total. The SMILES string of the molecule is COc1ccc(-c2cc(C(=O)N[C@@H]3C=C[C@H](CO)C3)[nH]n2)cc1. The van der Waals surface area contributed by atoms with E-state index in [0.29, 0.717) is 11.4 Å². The predicted octanol–water partition coefficient (Wildman–Crippen LogP) is 1.75. The zero-order chi connectivity index (χ0) is 16.2. The van der Waals surface area contributed by atoms with Crippen molar-refractivity contribution in [3.05, 3.63) is 48.2 Å². The normalized spacial score (nSPS) is 19.7. The summed E-state index contributed by atoms with van der Waals surface area (Å²) in [7, 11) is 1.62. The van der Waals surface area contributed by atoms with E-state index in [1.54, 1.807) is 13.2 Å². The Morgan fingerprint density at radius 3 is 2.83 bits per heavy atom. The van der Waals surface area contributed by atoms with E-state index in [1.807, 2.05) is 36.4 Å². The zero-order valence-electron chi connectivity index (χ0n) is 12.8. The Balaban J connectivity index is 1.66. The molecule has 0 saturated heterocycles. The first-order valence-electron chi connectivity index (χ1n) is 7.49. The standard InChI is InChI=1S/C17H19N3O3/c1-23-14-6-3-12(4-7-14)15-9-16(20-19-15)17(22)18-13-5-2-11(8-13)10-21/h2-7,9,11,13,21H,8,10H2,1H3,(H,18,22)(H,19,20)/t11-,13+/m0/s1. The Morgan fingerprint density at radius 1 is 1.39 bits per heavy atom. The number of amides is 1. The molecule has 1 aliphatic rings. The Bertz CT molecular complexity index is 706. The van der Waals surface area contributed by atoms with Crippen molar-refractivity contribution in [3.8, 4) is 17.0 Å². The Labute approximate surface area is 134 Å². The number of hydrogen-bond acceptors (Lipinski definition) is 4. The van der Waals surface area contributed by atoms with Gasteiger partial charge in [-0.25, -0.2) is 0 Å². The maximum absolute atomic E-state index is 12.2. The summed E-state index contributed by atoms with van der Waals surface area (Å²) in [5, 5.41) is 19.0. The highest BCUT2D eigenvalue weighted by atomic mass is 16.5. The molecule has 1 aromatic carbocycles. The van der Waals surface area contributed by atoms with Gasteiger partial charge >= 0.3 is 0 Å². The molecule has 0 saturated carbocycles. The van der Waals surface area contributed by atoms with Gasteiger partial charge in [0.05, 0.1) is 12.8 Å². The molecule has 6 heteroatoms. The lowest BCUT2D eigenvalue weighted by molar-refractivity contribution is 0.0936. The quantitative estimate of drug-likeness (QED) is 0.734. The summed E-state index contributed by atoms with van der Waals surface area (Å²) in [6.07, 6.45) is 4.57. The minimum atomic E-state index is -0.203. The van der Waals surface area contributed by atoms with Gasteiger partial charge in [-0.1, -0.05) is 12.2 Å². The largest absolute Gasteiger partial charge is 0.497 e. The van der Waals surface area contributed by atoms with Crippen LogP contribution in [0.5, 0.6) is 5.75 Å². The van der Waals surface area contributed by atoms with Crippen molar-refractivity contribution in [2.75, 3.05) is 13.7 Å². The van der Waals surface area contributed by atoms with Gasteiger partial charge < -0.3 is 15.2 Å². The second kappa shape index (κ2) is 6.66. The number of benzene rings is 1. The van der Waals surface area contributed by atoms with Gasteiger partial charge in [-0.3, -0.25) is 9.89 Å². The Morgan fingerprint density at radius 2 is 2.17 bits per heavy atom. The zero-order valence-corrected chi connectivity index (χ0v) is 12.8. The molecule has 0 unspecified atom stereocenters. The lowest BCUT2D eigenvalue weighted by Gasteiger charge is -2.11. The van der Waals surface area contributed by atoms with E-state index in [2.05, 4.69) is 15.5 Å². The minimum Gasteiger partial charge on any atom is -0.497 e. The third-order valence-corrected chi connectivity index (χ3v) is 3.93. The van der Waals surface area contributed by atoms with Gasteiger partial charge in [-0.05, 0) is 36.8 Å². The molecule has 0 radical (unpaired) electrons. The van der Waals surface area contributed by atoms with Crippen LogP contribution >= 0.6 is 0 Å². The maximum Gasteiger partial charge on any atom is 0.269 e. The number of hydrogen-bond donors (Lipinski definition) is 3. The van der Waals surface area contributed by atoms with Crippen LogP contribution in [-0.2, 0) is 0 Å². The van der Waals surface area contributed by atoms with E-state index >= 15 is 0 Å². The first-order valence-corrected chi connectivity index (χ1v) is 7.49. The Hall–Kier alpha value is -2.60.